The molecule has 0 bridgehead atoms. The van der Waals surface area contributed by atoms with E-state index in [-0.39, 0.29) is 0 Å². The lowest BCUT2D eigenvalue weighted by Crippen LogP contribution is -2.42. The normalized spacial score (nSPS) is 16.9. The zero-order valence-corrected chi connectivity index (χ0v) is 12.8. The summed E-state index contributed by atoms with van der Waals surface area (Å²) in [5.74, 6) is 0. The van der Waals surface area contributed by atoms with Crippen LogP contribution in [0, 0.1) is 6.92 Å². The summed E-state index contributed by atoms with van der Waals surface area (Å²) in [6, 6.07) is 7.01. The summed E-state index contributed by atoms with van der Waals surface area (Å²) >= 11 is 5.17. The minimum atomic E-state index is 0.490. The zero-order valence-electron chi connectivity index (χ0n) is 12.0. The molecule has 0 unspecified atom stereocenters. The van der Waals surface area contributed by atoms with Crippen LogP contribution in [0.1, 0.15) is 24.0 Å². The summed E-state index contributed by atoms with van der Waals surface area (Å²) in [6.07, 6.45) is 2.38. The molecule has 0 amide bonds. The molecule has 2 rings (SSSR count). The summed E-state index contributed by atoms with van der Waals surface area (Å²) in [5.41, 5.74) is 9.30. The van der Waals surface area contributed by atoms with Gasteiger partial charge in [0.05, 0.1) is 0 Å². The molecule has 19 heavy (non-hydrogen) atoms. The molecule has 1 aliphatic heterocycles. The third-order valence-corrected chi connectivity index (χ3v) is 4.17. The molecule has 3 nitrogen and oxygen atoms in total. The predicted molar refractivity (Wildman–Crippen MR) is 86.0 cm³/mol. The Bertz CT molecular complexity index is 462. The standard InChI is InChI=1S/C15H23N3S/c1-11-4-5-13(15(16)19)14(10-11)18-8-6-12(7-9-18)17(2)3/h4-5,10,12H,6-9H2,1-3H3,(H2,16,19). The van der Waals surface area contributed by atoms with Crippen LogP contribution in [-0.2, 0) is 0 Å². The van der Waals surface area contributed by atoms with Gasteiger partial charge in [0.2, 0.25) is 0 Å². The minimum absolute atomic E-state index is 0.490. The van der Waals surface area contributed by atoms with E-state index < -0.39 is 0 Å². The van der Waals surface area contributed by atoms with Crippen LogP contribution in [0.15, 0.2) is 18.2 Å². The number of aryl methyl sites for hydroxylation is 1. The first-order valence-corrected chi connectivity index (χ1v) is 7.21. The number of hydrogen-bond donors (Lipinski definition) is 1. The lowest BCUT2D eigenvalue weighted by molar-refractivity contribution is 0.249. The highest BCUT2D eigenvalue weighted by Gasteiger charge is 2.22. The van der Waals surface area contributed by atoms with Crippen LogP contribution < -0.4 is 10.6 Å². The average molecular weight is 277 g/mol. The Morgan fingerprint density at radius 2 is 1.95 bits per heavy atom. The molecule has 1 fully saturated rings. The van der Waals surface area contributed by atoms with Crippen molar-refractivity contribution >= 4 is 22.9 Å². The maximum Gasteiger partial charge on any atom is 0.106 e. The van der Waals surface area contributed by atoms with Crippen molar-refractivity contribution in [1.29, 1.82) is 0 Å². The van der Waals surface area contributed by atoms with E-state index in [1.807, 2.05) is 6.07 Å². The largest absolute Gasteiger partial charge is 0.389 e. The molecule has 1 aliphatic rings. The van der Waals surface area contributed by atoms with Gasteiger partial charge in [0.1, 0.15) is 4.99 Å². The van der Waals surface area contributed by atoms with Gasteiger partial charge in [-0.2, -0.15) is 0 Å². The fourth-order valence-electron chi connectivity index (χ4n) is 2.73. The molecule has 0 aliphatic carbocycles. The third-order valence-electron chi connectivity index (χ3n) is 3.95. The Hall–Kier alpha value is -1.13. The Morgan fingerprint density at radius 1 is 1.32 bits per heavy atom. The number of nitrogens with two attached hydrogens (primary N) is 1. The molecule has 1 aromatic rings. The first kappa shape index (κ1) is 14.3. The van der Waals surface area contributed by atoms with E-state index in [9.17, 15) is 0 Å². The van der Waals surface area contributed by atoms with E-state index in [0.29, 0.717) is 11.0 Å². The number of benzene rings is 1. The fourth-order valence-corrected chi connectivity index (χ4v) is 2.91. The Kier molecular flexibility index (Phi) is 4.42. The van der Waals surface area contributed by atoms with E-state index in [0.717, 1.165) is 18.7 Å². The van der Waals surface area contributed by atoms with Gasteiger partial charge in [-0.15, -0.1) is 0 Å². The van der Waals surface area contributed by atoms with Crippen molar-refractivity contribution in [2.45, 2.75) is 25.8 Å². The zero-order chi connectivity index (χ0) is 14.0. The molecule has 104 valence electrons. The van der Waals surface area contributed by atoms with Gasteiger partial charge < -0.3 is 15.5 Å². The minimum Gasteiger partial charge on any atom is -0.389 e. The van der Waals surface area contributed by atoms with E-state index in [2.05, 4.69) is 43.0 Å². The van der Waals surface area contributed by atoms with E-state index in [4.69, 9.17) is 18.0 Å². The molecular formula is C15H23N3S. The van der Waals surface area contributed by atoms with Gasteiger partial charge in [-0.05, 0) is 51.6 Å². The quantitative estimate of drug-likeness (QED) is 0.858. The van der Waals surface area contributed by atoms with Gasteiger partial charge in [-0.25, -0.2) is 0 Å². The van der Waals surface area contributed by atoms with Crippen LogP contribution in [0.5, 0.6) is 0 Å². The molecule has 4 heteroatoms. The summed E-state index contributed by atoms with van der Waals surface area (Å²) in [5, 5.41) is 0. The van der Waals surface area contributed by atoms with E-state index in [1.54, 1.807) is 0 Å². The van der Waals surface area contributed by atoms with Gasteiger partial charge >= 0.3 is 0 Å². The highest BCUT2D eigenvalue weighted by molar-refractivity contribution is 7.80. The third kappa shape index (κ3) is 3.25. The van der Waals surface area contributed by atoms with Crippen LogP contribution >= 0.6 is 12.2 Å². The average Bonchev–Trinajstić information content (AvgIpc) is 2.38. The summed E-state index contributed by atoms with van der Waals surface area (Å²) in [4.78, 5) is 5.23. The van der Waals surface area contributed by atoms with Crippen molar-refractivity contribution in [2.75, 3.05) is 32.1 Å². The van der Waals surface area contributed by atoms with Crippen molar-refractivity contribution in [3.05, 3.63) is 29.3 Å². The SMILES string of the molecule is Cc1ccc(C(N)=S)c(N2CCC(N(C)C)CC2)c1. The number of thiocarbonyl (C=S) groups is 1. The number of piperidine rings is 1. The Morgan fingerprint density at radius 3 is 2.47 bits per heavy atom. The number of anilines is 1. The topological polar surface area (TPSA) is 32.5 Å². The molecule has 1 heterocycles. The lowest BCUT2D eigenvalue weighted by Gasteiger charge is -2.37. The van der Waals surface area contributed by atoms with Crippen LogP contribution in [0.4, 0.5) is 5.69 Å². The summed E-state index contributed by atoms with van der Waals surface area (Å²) in [7, 11) is 4.32. The van der Waals surface area contributed by atoms with Gasteiger partial charge in [0.25, 0.3) is 0 Å². The Labute approximate surface area is 121 Å². The number of hydrogen-bond acceptors (Lipinski definition) is 3. The Balaban J connectivity index is 2.19. The number of nitrogens with zero attached hydrogens (tertiary/aromatic N) is 2. The van der Waals surface area contributed by atoms with Gasteiger partial charge in [-0.3, -0.25) is 0 Å². The van der Waals surface area contributed by atoms with Crippen LogP contribution in [-0.4, -0.2) is 43.1 Å². The van der Waals surface area contributed by atoms with Crippen molar-refractivity contribution in [2.24, 2.45) is 5.73 Å². The predicted octanol–water partition coefficient (Wildman–Crippen LogP) is 2.16. The summed E-state index contributed by atoms with van der Waals surface area (Å²) in [6.45, 7) is 4.25. The molecule has 0 radical (unpaired) electrons. The number of rotatable bonds is 3. The second kappa shape index (κ2) is 5.88. The van der Waals surface area contributed by atoms with Crippen molar-refractivity contribution in [3.8, 4) is 0 Å². The van der Waals surface area contributed by atoms with Crippen molar-refractivity contribution in [1.82, 2.24) is 4.90 Å². The van der Waals surface area contributed by atoms with Crippen LogP contribution in [0.2, 0.25) is 0 Å². The van der Waals surface area contributed by atoms with E-state index in [1.165, 1.54) is 24.1 Å². The highest BCUT2D eigenvalue weighted by atomic mass is 32.1. The smallest absolute Gasteiger partial charge is 0.106 e. The maximum atomic E-state index is 5.84. The van der Waals surface area contributed by atoms with Gasteiger partial charge in [0, 0.05) is 30.4 Å². The van der Waals surface area contributed by atoms with Crippen molar-refractivity contribution in [3.63, 3.8) is 0 Å². The monoisotopic (exact) mass is 277 g/mol. The second-order valence-corrected chi connectivity index (χ2v) is 6.01. The summed E-state index contributed by atoms with van der Waals surface area (Å²) < 4.78 is 0. The van der Waals surface area contributed by atoms with Crippen molar-refractivity contribution < 1.29 is 0 Å². The van der Waals surface area contributed by atoms with E-state index >= 15 is 0 Å². The van der Waals surface area contributed by atoms with Gasteiger partial charge in [0.15, 0.2) is 0 Å². The molecular weight excluding hydrogens is 254 g/mol. The van der Waals surface area contributed by atoms with Gasteiger partial charge in [-0.1, -0.05) is 18.3 Å². The lowest BCUT2D eigenvalue weighted by atomic mass is 10.0. The molecule has 1 aromatic carbocycles. The molecule has 0 aromatic heterocycles. The molecule has 0 spiro atoms. The first-order chi connectivity index (χ1) is 8.99. The molecule has 0 saturated carbocycles. The highest BCUT2D eigenvalue weighted by Crippen LogP contribution is 2.26. The first-order valence-electron chi connectivity index (χ1n) is 6.81. The van der Waals surface area contributed by atoms with Crippen LogP contribution in [0.25, 0.3) is 0 Å². The molecule has 1 saturated heterocycles. The molecule has 0 atom stereocenters. The maximum absolute atomic E-state index is 5.84. The van der Waals surface area contributed by atoms with Crippen LogP contribution in [0.3, 0.4) is 0 Å². The second-order valence-electron chi connectivity index (χ2n) is 5.57. The fraction of sp³-hybridized carbons (Fsp3) is 0.533. The molecule has 2 N–H and O–H groups in total.